The van der Waals surface area contributed by atoms with Crippen molar-refractivity contribution in [3.8, 4) is 0 Å². The molecule has 1 aliphatic carbocycles. The van der Waals surface area contributed by atoms with Gasteiger partial charge >= 0.3 is 0 Å². The minimum atomic E-state index is -4.10. The number of hydrogen-bond donors (Lipinski definition) is 0. The van der Waals surface area contributed by atoms with Crippen LogP contribution in [0.2, 0.25) is 0 Å². The third kappa shape index (κ3) is 3.16. The number of benzene rings is 1. The third-order valence-electron chi connectivity index (χ3n) is 3.54. The zero-order valence-corrected chi connectivity index (χ0v) is 13.4. The molecule has 1 aromatic rings. The summed E-state index contributed by atoms with van der Waals surface area (Å²) in [6, 6.07) is 5.39. The Morgan fingerprint density at radius 3 is 2.15 bits per heavy atom. The van der Waals surface area contributed by atoms with Gasteiger partial charge in [-0.15, -0.1) is 0 Å². The van der Waals surface area contributed by atoms with Gasteiger partial charge in [-0.1, -0.05) is 18.6 Å². The number of nitrogens with zero attached hydrogens (tertiary/aromatic N) is 1. The molecule has 112 valence electrons. The Bertz CT molecular complexity index is 696. The topological polar surface area (TPSA) is 71.5 Å². The molecule has 0 aliphatic heterocycles. The third-order valence-corrected chi connectivity index (χ3v) is 6.93. The van der Waals surface area contributed by atoms with Crippen LogP contribution in [0.15, 0.2) is 34.1 Å². The zero-order chi connectivity index (χ0) is 15.0. The Labute approximate surface area is 124 Å². The van der Waals surface area contributed by atoms with Gasteiger partial charge in [0.2, 0.25) is 10.0 Å². The molecule has 0 radical (unpaired) electrons. The number of rotatable bonds is 5. The number of halogens is 1. The van der Waals surface area contributed by atoms with Crippen molar-refractivity contribution in [2.45, 2.75) is 29.1 Å². The van der Waals surface area contributed by atoms with Gasteiger partial charge in [-0.05, 0) is 30.9 Å². The molecule has 1 aromatic carbocycles. The molecule has 0 heterocycles. The second-order valence-corrected chi connectivity index (χ2v) is 9.51. The van der Waals surface area contributed by atoms with E-state index in [-0.39, 0.29) is 9.79 Å². The van der Waals surface area contributed by atoms with Crippen molar-refractivity contribution in [2.24, 2.45) is 5.92 Å². The van der Waals surface area contributed by atoms with E-state index in [9.17, 15) is 16.8 Å². The van der Waals surface area contributed by atoms with Crippen LogP contribution < -0.4 is 0 Å². The Hall–Kier alpha value is -0.630. The van der Waals surface area contributed by atoms with Gasteiger partial charge < -0.3 is 0 Å². The second kappa shape index (κ2) is 5.63. The van der Waals surface area contributed by atoms with E-state index in [0.717, 1.165) is 19.3 Å². The fourth-order valence-corrected chi connectivity index (χ4v) is 5.22. The van der Waals surface area contributed by atoms with Gasteiger partial charge in [0.15, 0.2) is 0 Å². The minimum absolute atomic E-state index is 0.267. The Balaban J connectivity index is 2.39. The normalized spacial score (nSPS) is 17.1. The SMILES string of the molecule is CN(CC1CCC1)S(=O)(=O)c1ccccc1S(=O)(=O)Cl. The van der Waals surface area contributed by atoms with E-state index in [4.69, 9.17) is 10.7 Å². The average molecular weight is 338 g/mol. The van der Waals surface area contributed by atoms with Crippen LogP contribution in [0.4, 0.5) is 0 Å². The van der Waals surface area contributed by atoms with Crippen molar-refractivity contribution in [3.63, 3.8) is 0 Å². The van der Waals surface area contributed by atoms with Crippen molar-refractivity contribution in [2.75, 3.05) is 13.6 Å². The summed E-state index contributed by atoms with van der Waals surface area (Å²) in [5, 5.41) is 0. The summed E-state index contributed by atoms with van der Waals surface area (Å²) in [5.74, 6) is 0.356. The monoisotopic (exact) mass is 337 g/mol. The summed E-state index contributed by atoms with van der Waals surface area (Å²) < 4.78 is 49.2. The molecule has 1 saturated carbocycles. The molecule has 0 aromatic heterocycles. The lowest BCUT2D eigenvalue weighted by atomic mass is 9.86. The van der Waals surface area contributed by atoms with Crippen molar-refractivity contribution >= 4 is 29.8 Å². The first-order valence-electron chi connectivity index (χ1n) is 6.23. The lowest BCUT2D eigenvalue weighted by Gasteiger charge is -2.29. The second-order valence-electron chi connectivity index (χ2n) is 4.97. The summed E-state index contributed by atoms with van der Waals surface area (Å²) >= 11 is 0. The van der Waals surface area contributed by atoms with E-state index in [1.165, 1.54) is 35.6 Å². The van der Waals surface area contributed by atoms with Gasteiger partial charge in [0.25, 0.3) is 9.05 Å². The van der Waals surface area contributed by atoms with Crippen LogP contribution in [0.3, 0.4) is 0 Å². The molecule has 2 rings (SSSR count). The predicted octanol–water partition coefficient (Wildman–Crippen LogP) is 2.03. The maximum Gasteiger partial charge on any atom is 0.262 e. The van der Waals surface area contributed by atoms with E-state index in [1.807, 2.05) is 0 Å². The molecule has 0 saturated heterocycles. The van der Waals surface area contributed by atoms with Gasteiger partial charge in [0.05, 0.1) is 0 Å². The molecule has 20 heavy (non-hydrogen) atoms. The summed E-state index contributed by atoms with van der Waals surface area (Å²) in [6.07, 6.45) is 3.13. The standard InChI is InChI=1S/C12H16ClNO4S2/c1-14(9-10-5-4-6-10)20(17,18)12-8-3-2-7-11(12)19(13,15)16/h2-3,7-8,10H,4-6,9H2,1H3. The lowest BCUT2D eigenvalue weighted by Crippen LogP contribution is -2.34. The summed E-state index contributed by atoms with van der Waals surface area (Å²) in [6.45, 7) is 0.402. The molecule has 8 heteroatoms. The van der Waals surface area contributed by atoms with Crippen LogP contribution in [0.25, 0.3) is 0 Å². The van der Waals surface area contributed by atoms with Gasteiger partial charge in [0, 0.05) is 24.3 Å². The van der Waals surface area contributed by atoms with Crippen LogP contribution in [-0.2, 0) is 19.1 Å². The smallest absolute Gasteiger partial charge is 0.207 e. The highest BCUT2D eigenvalue weighted by atomic mass is 35.7. The van der Waals surface area contributed by atoms with Crippen LogP contribution in [0.1, 0.15) is 19.3 Å². The Morgan fingerprint density at radius 2 is 1.70 bits per heavy atom. The van der Waals surface area contributed by atoms with Crippen molar-refractivity contribution < 1.29 is 16.8 Å². The van der Waals surface area contributed by atoms with Crippen LogP contribution >= 0.6 is 10.7 Å². The lowest BCUT2D eigenvalue weighted by molar-refractivity contribution is 0.262. The molecule has 0 atom stereocenters. The molecular weight excluding hydrogens is 322 g/mol. The fraction of sp³-hybridized carbons (Fsp3) is 0.500. The number of sulfonamides is 1. The minimum Gasteiger partial charge on any atom is -0.207 e. The summed E-state index contributed by atoms with van der Waals surface area (Å²) in [7, 11) is -1.19. The maximum absolute atomic E-state index is 12.5. The molecule has 0 N–H and O–H groups in total. The Kier molecular flexibility index (Phi) is 4.44. The average Bonchev–Trinajstić information content (AvgIpc) is 2.32. The van der Waals surface area contributed by atoms with Gasteiger partial charge in [-0.3, -0.25) is 0 Å². The first kappa shape index (κ1) is 15.8. The molecule has 1 aliphatic rings. The van der Waals surface area contributed by atoms with Gasteiger partial charge in [-0.2, -0.15) is 0 Å². The molecular formula is C12H16ClNO4S2. The molecule has 0 spiro atoms. The van der Waals surface area contributed by atoms with E-state index < -0.39 is 19.1 Å². The largest absolute Gasteiger partial charge is 0.262 e. The van der Waals surface area contributed by atoms with E-state index in [0.29, 0.717) is 12.5 Å². The highest BCUT2D eigenvalue weighted by Gasteiger charge is 2.30. The highest BCUT2D eigenvalue weighted by Crippen LogP contribution is 2.30. The quantitative estimate of drug-likeness (QED) is 0.771. The summed E-state index contributed by atoms with van der Waals surface area (Å²) in [4.78, 5) is -0.640. The summed E-state index contributed by atoms with van der Waals surface area (Å²) in [5.41, 5.74) is 0. The van der Waals surface area contributed by atoms with E-state index in [2.05, 4.69) is 0 Å². The van der Waals surface area contributed by atoms with E-state index in [1.54, 1.807) is 0 Å². The van der Waals surface area contributed by atoms with E-state index >= 15 is 0 Å². The molecule has 0 bridgehead atoms. The predicted molar refractivity (Wildman–Crippen MR) is 76.6 cm³/mol. The molecule has 0 unspecified atom stereocenters. The van der Waals surface area contributed by atoms with Crippen molar-refractivity contribution in [1.82, 2.24) is 4.31 Å². The molecule has 5 nitrogen and oxygen atoms in total. The highest BCUT2D eigenvalue weighted by molar-refractivity contribution is 8.14. The molecule has 0 amide bonds. The number of hydrogen-bond acceptors (Lipinski definition) is 4. The zero-order valence-electron chi connectivity index (χ0n) is 11.0. The Morgan fingerprint density at radius 1 is 1.15 bits per heavy atom. The van der Waals surface area contributed by atoms with Crippen LogP contribution in [0, 0.1) is 5.92 Å². The fourth-order valence-electron chi connectivity index (χ4n) is 2.17. The molecule has 1 fully saturated rings. The van der Waals surface area contributed by atoms with Crippen molar-refractivity contribution in [3.05, 3.63) is 24.3 Å². The first-order valence-corrected chi connectivity index (χ1v) is 9.98. The first-order chi connectivity index (χ1) is 9.23. The van der Waals surface area contributed by atoms with Gasteiger partial charge in [-0.25, -0.2) is 21.1 Å². The van der Waals surface area contributed by atoms with Gasteiger partial charge in [0.1, 0.15) is 9.79 Å². The maximum atomic E-state index is 12.5. The van der Waals surface area contributed by atoms with Crippen LogP contribution in [0.5, 0.6) is 0 Å². The van der Waals surface area contributed by atoms with Crippen molar-refractivity contribution in [1.29, 1.82) is 0 Å². The van der Waals surface area contributed by atoms with Crippen LogP contribution in [-0.4, -0.2) is 34.7 Å².